The predicted molar refractivity (Wildman–Crippen MR) is 88.7 cm³/mol. The molecule has 1 aromatic carbocycles. The van der Waals surface area contributed by atoms with Crippen LogP contribution in [0.15, 0.2) is 48.8 Å². The van der Waals surface area contributed by atoms with Crippen LogP contribution in [0.1, 0.15) is 18.5 Å². The van der Waals surface area contributed by atoms with Gasteiger partial charge in [0, 0.05) is 25.5 Å². The Kier molecular flexibility index (Phi) is 5.82. The zero-order valence-corrected chi connectivity index (χ0v) is 13.2. The third-order valence-electron chi connectivity index (χ3n) is 3.45. The molecule has 0 fully saturated rings. The van der Waals surface area contributed by atoms with Crippen molar-refractivity contribution in [2.75, 3.05) is 13.6 Å². The first-order valence-corrected chi connectivity index (χ1v) is 7.35. The highest BCUT2D eigenvalue weighted by Crippen LogP contribution is 2.20. The van der Waals surface area contributed by atoms with Gasteiger partial charge in [-0.2, -0.15) is 0 Å². The quantitative estimate of drug-likeness (QED) is 0.787. The van der Waals surface area contributed by atoms with Gasteiger partial charge in [-0.1, -0.05) is 30.3 Å². The molecule has 1 heterocycles. The molecule has 0 saturated carbocycles. The minimum absolute atomic E-state index is 0.00612. The van der Waals surface area contributed by atoms with Gasteiger partial charge in [-0.25, -0.2) is 4.79 Å². The van der Waals surface area contributed by atoms with Crippen LogP contribution in [0.2, 0.25) is 0 Å². The fourth-order valence-electron chi connectivity index (χ4n) is 2.09. The van der Waals surface area contributed by atoms with Crippen LogP contribution in [-0.4, -0.2) is 30.5 Å². The second-order valence-electron chi connectivity index (χ2n) is 5.09. The molecule has 0 unspecified atom stereocenters. The SMILES string of the molecule is CNC(=O)NC(=O)CN[C@@H](C)c1ccc(-c2cccnc2)cc1. The molecule has 0 aliphatic rings. The average Bonchev–Trinajstić information content (AvgIpc) is 2.60. The lowest BCUT2D eigenvalue weighted by Crippen LogP contribution is -2.42. The number of aromatic nitrogens is 1. The largest absolute Gasteiger partial charge is 0.341 e. The molecule has 6 nitrogen and oxygen atoms in total. The van der Waals surface area contributed by atoms with Crippen molar-refractivity contribution in [3.05, 3.63) is 54.4 Å². The Morgan fingerprint density at radius 3 is 2.48 bits per heavy atom. The topological polar surface area (TPSA) is 83.1 Å². The Morgan fingerprint density at radius 1 is 1.13 bits per heavy atom. The molecule has 0 bridgehead atoms. The van der Waals surface area contributed by atoms with Crippen LogP contribution in [0.5, 0.6) is 0 Å². The number of carbonyl (C=O) groups is 2. The Labute approximate surface area is 135 Å². The molecule has 3 N–H and O–H groups in total. The number of pyridine rings is 1. The first-order valence-electron chi connectivity index (χ1n) is 7.35. The number of hydrogen-bond acceptors (Lipinski definition) is 4. The highest BCUT2D eigenvalue weighted by Gasteiger charge is 2.09. The summed E-state index contributed by atoms with van der Waals surface area (Å²) >= 11 is 0. The summed E-state index contributed by atoms with van der Waals surface area (Å²) < 4.78 is 0. The lowest BCUT2D eigenvalue weighted by Gasteiger charge is -2.14. The Balaban J connectivity index is 1.91. The molecule has 0 saturated heterocycles. The third kappa shape index (κ3) is 4.89. The monoisotopic (exact) mass is 312 g/mol. The Hall–Kier alpha value is -2.73. The van der Waals surface area contributed by atoms with Gasteiger partial charge in [0.2, 0.25) is 5.91 Å². The van der Waals surface area contributed by atoms with Gasteiger partial charge in [0.05, 0.1) is 6.54 Å². The molecule has 0 aliphatic carbocycles. The molecule has 3 amide bonds. The highest BCUT2D eigenvalue weighted by molar-refractivity contribution is 5.95. The summed E-state index contributed by atoms with van der Waals surface area (Å²) in [6.45, 7) is 2.03. The molecule has 2 rings (SSSR count). The summed E-state index contributed by atoms with van der Waals surface area (Å²) in [6.07, 6.45) is 3.56. The van der Waals surface area contributed by atoms with Gasteiger partial charge in [-0.05, 0) is 29.7 Å². The number of carbonyl (C=O) groups excluding carboxylic acids is 2. The van der Waals surface area contributed by atoms with E-state index in [1.165, 1.54) is 7.05 Å². The van der Waals surface area contributed by atoms with Crippen LogP contribution >= 0.6 is 0 Å². The minimum atomic E-state index is -0.509. The summed E-state index contributed by atoms with van der Waals surface area (Å²) in [7, 11) is 1.46. The van der Waals surface area contributed by atoms with Gasteiger partial charge in [0.1, 0.15) is 0 Å². The van der Waals surface area contributed by atoms with Crippen LogP contribution in [-0.2, 0) is 4.79 Å². The van der Waals surface area contributed by atoms with Crippen molar-refractivity contribution >= 4 is 11.9 Å². The molecule has 1 atom stereocenters. The van der Waals surface area contributed by atoms with Crippen LogP contribution in [0.4, 0.5) is 4.79 Å². The number of nitrogens with one attached hydrogen (secondary N) is 3. The van der Waals surface area contributed by atoms with Crippen molar-refractivity contribution in [1.29, 1.82) is 0 Å². The van der Waals surface area contributed by atoms with E-state index in [4.69, 9.17) is 0 Å². The molecule has 0 aliphatic heterocycles. The number of benzene rings is 1. The van der Waals surface area contributed by atoms with E-state index in [2.05, 4.69) is 20.9 Å². The number of amides is 3. The fraction of sp³-hybridized carbons (Fsp3) is 0.235. The van der Waals surface area contributed by atoms with Crippen molar-refractivity contribution in [1.82, 2.24) is 20.9 Å². The van der Waals surface area contributed by atoms with E-state index >= 15 is 0 Å². The summed E-state index contributed by atoms with van der Waals surface area (Å²) in [5.74, 6) is -0.372. The maximum atomic E-state index is 11.5. The van der Waals surface area contributed by atoms with Gasteiger partial charge < -0.3 is 10.6 Å². The maximum absolute atomic E-state index is 11.5. The fourth-order valence-corrected chi connectivity index (χ4v) is 2.09. The van der Waals surface area contributed by atoms with E-state index in [1.54, 1.807) is 6.20 Å². The molecule has 0 radical (unpaired) electrons. The molecule has 2 aromatic rings. The summed E-state index contributed by atoms with van der Waals surface area (Å²) in [4.78, 5) is 26.7. The number of rotatable bonds is 5. The molecular weight excluding hydrogens is 292 g/mol. The van der Waals surface area contributed by atoms with Crippen molar-refractivity contribution in [3.63, 3.8) is 0 Å². The molecule has 1 aromatic heterocycles. The molecule has 0 spiro atoms. The second kappa shape index (κ2) is 8.05. The van der Waals surface area contributed by atoms with E-state index in [0.717, 1.165) is 16.7 Å². The zero-order valence-electron chi connectivity index (χ0n) is 13.2. The van der Waals surface area contributed by atoms with E-state index in [-0.39, 0.29) is 18.5 Å². The summed E-state index contributed by atoms with van der Waals surface area (Å²) in [5.41, 5.74) is 3.21. The van der Waals surface area contributed by atoms with Crippen molar-refractivity contribution in [2.24, 2.45) is 0 Å². The van der Waals surface area contributed by atoms with E-state index in [0.29, 0.717) is 0 Å². The van der Waals surface area contributed by atoms with Crippen LogP contribution in [0, 0.1) is 0 Å². The summed E-state index contributed by atoms with van der Waals surface area (Å²) in [6, 6.07) is 11.5. The molecule has 120 valence electrons. The van der Waals surface area contributed by atoms with Crippen LogP contribution in [0.25, 0.3) is 11.1 Å². The molecule has 6 heteroatoms. The van der Waals surface area contributed by atoms with E-state index in [1.807, 2.05) is 49.5 Å². The smallest absolute Gasteiger partial charge is 0.321 e. The standard InChI is InChI=1S/C17H20N4O2/c1-12(20-11-16(22)21-17(23)18-2)13-5-7-14(8-6-13)15-4-3-9-19-10-15/h3-10,12,20H,11H2,1-2H3,(H2,18,21,22,23)/t12-/m0/s1. The molecule has 23 heavy (non-hydrogen) atoms. The number of urea groups is 1. The predicted octanol–water partition coefficient (Wildman–Crippen LogP) is 1.85. The van der Waals surface area contributed by atoms with E-state index < -0.39 is 6.03 Å². The first-order chi connectivity index (χ1) is 11.1. The van der Waals surface area contributed by atoms with Crippen LogP contribution in [0.3, 0.4) is 0 Å². The number of hydrogen-bond donors (Lipinski definition) is 3. The highest BCUT2D eigenvalue weighted by atomic mass is 16.2. The number of nitrogens with zero attached hydrogens (tertiary/aromatic N) is 1. The van der Waals surface area contributed by atoms with Gasteiger partial charge in [-0.3, -0.25) is 15.1 Å². The minimum Gasteiger partial charge on any atom is -0.341 e. The first kappa shape index (κ1) is 16.6. The van der Waals surface area contributed by atoms with Gasteiger partial charge in [0.15, 0.2) is 0 Å². The third-order valence-corrected chi connectivity index (χ3v) is 3.45. The normalized spacial score (nSPS) is 11.6. The number of imide groups is 1. The van der Waals surface area contributed by atoms with E-state index in [9.17, 15) is 9.59 Å². The lowest BCUT2D eigenvalue weighted by molar-refractivity contribution is -0.119. The maximum Gasteiger partial charge on any atom is 0.321 e. The van der Waals surface area contributed by atoms with Crippen molar-refractivity contribution in [2.45, 2.75) is 13.0 Å². The molecular formula is C17H20N4O2. The zero-order chi connectivity index (χ0) is 16.7. The Bertz CT molecular complexity index is 656. The van der Waals surface area contributed by atoms with Crippen molar-refractivity contribution < 1.29 is 9.59 Å². The van der Waals surface area contributed by atoms with Gasteiger partial charge >= 0.3 is 6.03 Å². The Morgan fingerprint density at radius 2 is 1.87 bits per heavy atom. The average molecular weight is 312 g/mol. The van der Waals surface area contributed by atoms with Crippen LogP contribution < -0.4 is 16.0 Å². The van der Waals surface area contributed by atoms with Gasteiger partial charge in [-0.15, -0.1) is 0 Å². The second-order valence-corrected chi connectivity index (χ2v) is 5.09. The van der Waals surface area contributed by atoms with Gasteiger partial charge in [0.25, 0.3) is 0 Å². The lowest BCUT2D eigenvalue weighted by atomic mass is 10.0. The summed E-state index contributed by atoms with van der Waals surface area (Å²) in [5, 5.41) is 7.62. The van der Waals surface area contributed by atoms with Crippen molar-refractivity contribution in [3.8, 4) is 11.1 Å².